The maximum absolute atomic E-state index is 12.7. The number of pyridine rings is 1. The summed E-state index contributed by atoms with van der Waals surface area (Å²) in [5.41, 5.74) is -1.71. The fourth-order valence-corrected chi connectivity index (χ4v) is 2.58. The third-order valence-electron chi connectivity index (χ3n) is 3.40. The first-order valence-electron chi connectivity index (χ1n) is 7.57. The van der Waals surface area contributed by atoms with E-state index in [1.54, 1.807) is 24.3 Å². The van der Waals surface area contributed by atoms with Crippen LogP contribution < -0.4 is 10.1 Å². The number of ether oxygens (including phenoxy) is 1. The van der Waals surface area contributed by atoms with Gasteiger partial charge in [-0.05, 0) is 30.3 Å². The van der Waals surface area contributed by atoms with E-state index in [0.29, 0.717) is 12.3 Å². The van der Waals surface area contributed by atoms with E-state index in [2.05, 4.69) is 36.2 Å². The number of rotatable bonds is 5. The van der Waals surface area contributed by atoms with E-state index >= 15 is 0 Å². The van der Waals surface area contributed by atoms with Gasteiger partial charge >= 0.3 is 17.7 Å². The molecule has 0 radical (unpaired) electrons. The van der Waals surface area contributed by atoms with Gasteiger partial charge < -0.3 is 10.1 Å². The molecule has 150 valence electrons. The maximum Gasteiger partial charge on any atom is 0.417 e. The van der Waals surface area contributed by atoms with Crippen molar-refractivity contribution in [1.29, 1.82) is 0 Å². The summed E-state index contributed by atoms with van der Waals surface area (Å²) >= 11 is 9.08. The monoisotopic (exact) mass is 489 g/mol. The minimum Gasteiger partial charge on any atom is -0.434 e. The van der Waals surface area contributed by atoms with Crippen LogP contribution in [0.15, 0.2) is 47.3 Å². The van der Waals surface area contributed by atoms with Crippen molar-refractivity contribution >= 4 is 44.9 Å². The highest BCUT2D eigenvalue weighted by molar-refractivity contribution is 9.10. The maximum atomic E-state index is 12.7. The number of halogens is 5. The second kappa shape index (κ2) is 8.17. The number of anilines is 2. The standard InChI is InChI=1S/C16H8BrClF3N5O3/c17-9-1-3-10(4-2-9)29-15-12(26(27)28)14(23-7-24-15)25-13-11(18)5-8(6-22-13)16(19,20)21/h1-7H,(H,22,23,24,25). The number of hydrogen-bond donors (Lipinski definition) is 1. The summed E-state index contributed by atoms with van der Waals surface area (Å²) in [6.45, 7) is 0. The van der Waals surface area contributed by atoms with Crippen molar-refractivity contribution in [2.24, 2.45) is 0 Å². The minimum atomic E-state index is -4.64. The zero-order chi connectivity index (χ0) is 21.2. The second-order valence-electron chi connectivity index (χ2n) is 5.37. The van der Waals surface area contributed by atoms with E-state index in [1.807, 2.05) is 0 Å². The second-order valence-corrected chi connectivity index (χ2v) is 6.69. The van der Waals surface area contributed by atoms with Crippen LogP contribution in [-0.2, 0) is 6.18 Å². The molecular weight excluding hydrogens is 483 g/mol. The van der Waals surface area contributed by atoms with Gasteiger partial charge in [0.1, 0.15) is 12.1 Å². The fourth-order valence-electron chi connectivity index (χ4n) is 2.10. The molecule has 8 nitrogen and oxygen atoms in total. The molecule has 2 heterocycles. The largest absolute Gasteiger partial charge is 0.434 e. The van der Waals surface area contributed by atoms with Gasteiger partial charge in [-0.3, -0.25) is 10.1 Å². The third kappa shape index (κ3) is 4.90. The molecule has 0 spiro atoms. The lowest BCUT2D eigenvalue weighted by molar-refractivity contribution is -0.385. The van der Waals surface area contributed by atoms with E-state index in [1.165, 1.54) is 0 Å². The lowest BCUT2D eigenvalue weighted by Gasteiger charge is -2.11. The van der Waals surface area contributed by atoms with Crippen LogP contribution in [0.5, 0.6) is 11.6 Å². The van der Waals surface area contributed by atoms with Crippen molar-refractivity contribution in [2.45, 2.75) is 6.18 Å². The number of aromatic nitrogens is 3. The lowest BCUT2D eigenvalue weighted by atomic mass is 10.3. The van der Waals surface area contributed by atoms with E-state index < -0.39 is 27.4 Å². The normalized spacial score (nSPS) is 11.2. The SMILES string of the molecule is O=[N+]([O-])c1c(Nc2ncc(C(F)(F)F)cc2Cl)ncnc1Oc1ccc(Br)cc1. The highest BCUT2D eigenvalue weighted by Gasteiger charge is 2.32. The van der Waals surface area contributed by atoms with Crippen molar-refractivity contribution in [2.75, 3.05) is 5.32 Å². The van der Waals surface area contributed by atoms with Crippen LogP contribution >= 0.6 is 27.5 Å². The highest BCUT2D eigenvalue weighted by Crippen LogP contribution is 2.37. The molecule has 0 atom stereocenters. The lowest BCUT2D eigenvalue weighted by Crippen LogP contribution is -2.08. The van der Waals surface area contributed by atoms with Crippen LogP contribution in [0.1, 0.15) is 5.56 Å². The van der Waals surface area contributed by atoms with Crippen LogP contribution in [0.2, 0.25) is 5.02 Å². The molecule has 3 rings (SSSR count). The fraction of sp³-hybridized carbons (Fsp3) is 0.0625. The average Bonchev–Trinajstić information content (AvgIpc) is 2.64. The predicted octanol–water partition coefficient (Wildman–Crippen LogP) is 5.75. The topological polar surface area (TPSA) is 103 Å². The number of alkyl halides is 3. The number of nitrogens with one attached hydrogen (secondary N) is 1. The van der Waals surface area contributed by atoms with Crippen LogP contribution in [0.4, 0.5) is 30.5 Å². The van der Waals surface area contributed by atoms with Crippen LogP contribution in [0.3, 0.4) is 0 Å². The van der Waals surface area contributed by atoms with Gasteiger partial charge in [-0.1, -0.05) is 27.5 Å². The van der Waals surface area contributed by atoms with E-state index in [4.69, 9.17) is 16.3 Å². The van der Waals surface area contributed by atoms with Gasteiger partial charge in [0.25, 0.3) is 0 Å². The molecule has 1 N–H and O–H groups in total. The van der Waals surface area contributed by atoms with Crippen molar-refractivity contribution < 1.29 is 22.8 Å². The first-order valence-corrected chi connectivity index (χ1v) is 8.75. The zero-order valence-electron chi connectivity index (χ0n) is 13.9. The van der Waals surface area contributed by atoms with Crippen molar-refractivity contribution in [3.63, 3.8) is 0 Å². The highest BCUT2D eigenvalue weighted by atomic mass is 79.9. The number of nitro groups is 1. The Bertz CT molecular complexity index is 1070. The number of nitrogens with zero attached hydrogens (tertiary/aromatic N) is 4. The summed E-state index contributed by atoms with van der Waals surface area (Å²) in [4.78, 5) is 21.8. The molecule has 0 amide bonds. The average molecular weight is 491 g/mol. The Morgan fingerprint density at radius 2 is 1.83 bits per heavy atom. The Morgan fingerprint density at radius 3 is 2.41 bits per heavy atom. The van der Waals surface area contributed by atoms with Gasteiger partial charge in [-0.2, -0.15) is 18.2 Å². The number of benzene rings is 1. The van der Waals surface area contributed by atoms with E-state index in [9.17, 15) is 23.3 Å². The van der Waals surface area contributed by atoms with Crippen molar-refractivity contribution in [3.05, 3.63) is 68.0 Å². The summed E-state index contributed by atoms with van der Waals surface area (Å²) in [5, 5.41) is 13.6. The Balaban J connectivity index is 1.96. The molecular formula is C16H8BrClF3N5O3. The van der Waals surface area contributed by atoms with Crippen molar-refractivity contribution in [1.82, 2.24) is 15.0 Å². The molecule has 3 aromatic rings. The Labute approximate surface area is 174 Å². The van der Waals surface area contributed by atoms with Crippen LogP contribution in [0.25, 0.3) is 0 Å². The summed E-state index contributed by atoms with van der Waals surface area (Å²) in [5.74, 6) is -0.716. The molecule has 0 unspecified atom stereocenters. The van der Waals surface area contributed by atoms with Crippen molar-refractivity contribution in [3.8, 4) is 11.6 Å². The Morgan fingerprint density at radius 1 is 1.14 bits per heavy atom. The predicted molar refractivity (Wildman–Crippen MR) is 100 cm³/mol. The summed E-state index contributed by atoms with van der Waals surface area (Å²) in [6.07, 6.45) is -3.11. The van der Waals surface area contributed by atoms with Gasteiger partial charge in [-0.25, -0.2) is 9.97 Å². The molecule has 0 fully saturated rings. The van der Waals surface area contributed by atoms with Gasteiger partial charge in [0.15, 0.2) is 5.82 Å². The molecule has 1 aromatic carbocycles. The summed E-state index contributed by atoms with van der Waals surface area (Å²) in [7, 11) is 0. The zero-order valence-corrected chi connectivity index (χ0v) is 16.3. The van der Waals surface area contributed by atoms with Gasteiger partial charge in [0.05, 0.1) is 15.5 Å². The molecule has 0 saturated carbocycles. The molecule has 13 heteroatoms. The third-order valence-corrected chi connectivity index (χ3v) is 4.22. The quantitative estimate of drug-likeness (QED) is 0.359. The minimum absolute atomic E-state index is 0.254. The molecule has 29 heavy (non-hydrogen) atoms. The smallest absolute Gasteiger partial charge is 0.417 e. The summed E-state index contributed by atoms with van der Waals surface area (Å²) in [6, 6.07) is 7.07. The Hall–Kier alpha value is -2.99. The van der Waals surface area contributed by atoms with Crippen LogP contribution in [-0.4, -0.2) is 19.9 Å². The molecule has 2 aromatic heterocycles. The van der Waals surface area contributed by atoms with E-state index in [0.717, 1.165) is 10.8 Å². The van der Waals surface area contributed by atoms with E-state index in [-0.39, 0.29) is 23.3 Å². The molecule has 0 aliphatic rings. The Kier molecular flexibility index (Phi) is 5.84. The molecule has 0 aliphatic carbocycles. The summed E-state index contributed by atoms with van der Waals surface area (Å²) < 4.78 is 44.4. The van der Waals surface area contributed by atoms with Gasteiger partial charge in [-0.15, -0.1) is 0 Å². The number of hydrogen-bond acceptors (Lipinski definition) is 7. The van der Waals surface area contributed by atoms with Gasteiger partial charge in [0.2, 0.25) is 5.82 Å². The first kappa shape index (κ1) is 20.7. The van der Waals surface area contributed by atoms with Gasteiger partial charge in [0, 0.05) is 10.7 Å². The molecule has 0 bridgehead atoms. The van der Waals surface area contributed by atoms with Crippen LogP contribution in [0, 0.1) is 10.1 Å². The first-order chi connectivity index (χ1) is 13.6. The molecule has 0 aliphatic heterocycles. The molecule has 0 saturated heterocycles.